The molecule has 116 valence electrons. The lowest BCUT2D eigenvalue weighted by Crippen LogP contribution is -2.22. The van der Waals surface area contributed by atoms with Crippen LogP contribution in [-0.2, 0) is 10.0 Å². The number of aryl methyl sites for hydroxylation is 3. The molecule has 0 aliphatic rings. The van der Waals surface area contributed by atoms with Crippen LogP contribution in [0.1, 0.15) is 29.2 Å². The highest BCUT2D eigenvalue weighted by atomic mass is 32.2. The van der Waals surface area contributed by atoms with Gasteiger partial charge in [0.05, 0.1) is 10.6 Å². The molecule has 0 aliphatic heterocycles. The van der Waals surface area contributed by atoms with Crippen molar-refractivity contribution in [3.8, 4) is 0 Å². The molecule has 0 saturated carbocycles. The molecule has 0 amide bonds. The Kier molecular flexibility index (Phi) is 4.61. The normalized spacial score (nSPS) is 12.3. The second kappa shape index (κ2) is 6.27. The molecule has 1 N–H and O–H groups in total. The van der Waals surface area contributed by atoms with E-state index in [1.54, 1.807) is 45.3 Å². The molecule has 0 fully saturated rings. The van der Waals surface area contributed by atoms with E-state index in [0.29, 0.717) is 16.8 Å². The summed E-state index contributed by atoms with van der Waals surface area (Å²) >= 11 is 0. The second-order valence-electron chi connectivity index (χ2n) is 5.26. The highest BCUT2D eigenvalue weighted by Gasteiger charge is 2.19. The molecule has 1 heterocycles. The molecule has 6 heteroatoms. The quantitative estimate of drug-likeness (QED) is 0.696. The van der Waals surface area contributed by atoms with E-state index in [-0.39, 0.29) is 4.90 Å². The van der Waals surface area contributed by atoms with Crippen LogP contribution in [0.3, 0.4) is 0 Å². The van der Waals surface area contributed by atoms with Gasteiger partial charge in [-0.2, -0.15) is 18.4 Å². The first-order valence-corrected chi connectivity index (χ1v) is 8.34. The molecule has 0 radical (unpaired) electrons. The van der Waals surface area contributed by atoms with E-state index >= 15 is 0 Å². The third-order valence-corrected chi connectivity index (χ3v) is 4.82. The lowest BCUT2D eigenvalue weighted by Gasteiger charge is -2.12. The van der Waals surface area contributed by atoms with Gasteiger partial charge in [-0.05, 0) is 51.0 Å². The minimum atomic E-state index is -3.69. The molecule has 1 aromatic carbocycles. The molecule has 22 heavy (non-hydrogen) atoms. The molecular formula is C16H19N3O2S. The first-order chi connectivity index (χ1) is 10.3. The molecule has 0 saturated heterocycles. The Morgan fingerprint density at radius 1 is 1.09 bits per heavy atom. The highest BCUT2D eigenvalue weighted by Crippen LogP contribution is 2.21. The summed E-state index contributed by atoms with van der Waals surface area (Å²) in [4.78, 5) is 6.52. The first kappa shape index (κ1) is 16.2. The van der Waals surface area contributed by atoms with E-state index in [1.807, 2.05) is 19.1 Å². The summed E-state index contributed by atoms with van der Waals surface area (Å²) in [6, 6.07) is 7.24. The van der Waals surface area contributed by atoms with Gasteiger partial charge in [0, 0.05) is 18.0 Å². The van der Waals surface area contributed by atoms with Crippen LogP contribution in [0, 0.1) is 20.8 Å². The van der Waals surface area contributed by atoms with Gasteiger partial charge in [-0.15, -0.1) is 0 Å². The van der Waals surface area contributed by atoms with Crippen molar-refractivity contribution < 1.29 is 8.42 Å². The van der Waals surface area contributed by atoms with Gasteiger partial charge < -0.3 is 0 Å². The zero-order valence-electron chi connectivity index (χ0n) is 13.1. The number of hydrogen-bond donors (Lipinski definition) is 1. The number of sulfonamides is 1. The maximum absolute atomic E-state index is 12.5. The maximum atomic E-state index is 12.5. The van der Waals surface area contributed by atoms with Gasteiger partial charge in [-0.3, -0.25) is 4.98 Å². The smallest absolute Gasteiger partial charge is 0.265 e. The Balaban J connectivity index is 2.33. The van der Waals surface area contributed by atoms with Crippen molar-refractivity contribution in [2.24, 2.45) is 5.10 Å². The van der Waals surface area contributed by atoms with Crippen molar-refractivity contribution in [1.29, 1.82) is 0 Å². The van der Waals surface area contributed by atoms with Gasteiger partial charge in [-0.25, -0.2) is 0 Å². The van der Waals surface area contributed by atoms with Crippen molar-refractivity contribution in [1.82, 2.24) is 9.82 Å². The Morgan fingerprint density at radius 3 is 2.18 bits per heavy atom. The largest absolute Gasteiger partial charge is 0.277 e. The molecule has 5 nitrogen and oxygen atoms in total. The minimum absolute atomic E-state index is 0.282. The molecular weight excluding hydrogens is 298 g/mol. The van der Waals surface area contributed by atoms with Crippen LogP contribution in [0.4, 0.5) is 0 Å². The summed E-state index contributed by atoms with van der Waals surface area (Å²) in [5.41, 5.74) is 3.84. The zero-order chi connectivity index (χ0) is 16.3. The van der Waals surface area contributed by atoms with E-state index in [4.69, 9.17) is 0 Å². The van der Waals surface area contributed by atoms with Crippen molar-refractivity contribution in [2.45, 2.75) is 32.6 Å². The van der Waals surface area contributed by atoms with E-state index in [1.165, 1.54) is 0 Å². The van der Waals surface area contributed by atoms with E-state index in [0.717, 1.165) is 11.1 Å². The Morgan fingerprint density at radius 2 is 1.64 bits per heavy atom. The lowest BCUT2D eigenvalue weighted by atomic mass is 10.1. The van der Waals surface area contributed by atoms with Gasteiger partial charge in [0.25, 0.3) is 10.0 Å². The molecule has 0 spiro atoms. The maximum Gasteiger partial charge on any atom is 0.277 e. The number of hydrogen-bond acceptors (Lipinski definition) is 4. The topological polar surface area (TPSA) is 71.4 Å². The van der Waals surface area contributed by atoms with Gasteiger partial charge in [0.2, 0.25) is 0 Å². The summed E-state index contributed by atoms with van der Waals surface area (Å²) < 4.78 is 25.0. The average molecular weight is 317 g/mol. The molecule has 0 atom stereocenters. The fraction of sp³-hybridized carbons (Fsp3) is 0.250. The molecule has 1 aromatic heterocycles. The Labute approximate surface area is 131 Å². The van der Waals surface area contributed by atoms with E-state index in [9.17, 15) is 8.42 Å². The summed E-state index contributed by atoms with van der Waals surface area (Å²) in [6.07, 6.45) is 3.27. The van der Waals surface area contributed by atoms with Crippen LogP contribution in [0.2, 0.25) is 0 Å². The molecule has 2 aromatic rings. The number of hydrazone groups is 1. The number of pyridine rings is 1. The van der Waals surface area contributed by atoms with E-state index < -0.39 is 10.0 Å². The first-order valence-electron chi connectivity index (χ1n) is 6.85. The Hall–Kier alpha value is -2.21. The SMILES string of the molecule is C/C(=N/NS(=O)(=O)c1c(C)cc(C)cc1C)c1ccncc1. The molecule has 0 unspecified atom stereocenters. The van der Waals surface area contributed by atoms with Gasteiger partial charge in [-0.1, -0.05) is 17.7 Å². The summed E-state index contributed by atoms with van der Waals surface area (Å²) in [6.45, 7) is 7.25. The van der Waals surface area contributed by atoms with Crippen LogP contribution < -0.4 is 4.83 Å². The minimum Gasteiger partial charge on any atom is -0.265 e. The predicted molar refractivity (Wildman–Crippen MR) is 87.4 cm³/mol. The summed E-state index contributed by atoms with van der Waals surface area (Å²) in [7, 11) is -3.69. The van der Waals surface area contributed by atoms with Crippen molar-refractivity contribution in [2.75, 3.05) is 0 Å². The van der Waals surface area contributed by atoms with Crippen LogP contribution in [-0.4, -0.2) is 19.1 Å². The van der Waals surface area contributed by atoms with Gasteiger partial charge in [0.1, 0.15) is 0 Å². The van der Waals surface area contributed by atoms with Crippen molar-refractivity contribution in [3.05, 3.63) is 58.9 Å². The zero-order valence-corrected chi connectivity index (χ0v) is 13.9. The molecule has 2 rings (SSSR count). The molecule has 0 aliphatic carbocycles. The average Bonchev–Trinajstić information content (AvgIpc) is 2.44. The monoisotopic (exact) mass is 317 g/mol. The number of benzene rings is 1. The predicted octanol–water partition coefficient (Wildman–Crippen LogP) is 2.71. The van der Waals surface area contributed by atoms with Crippen molar-refractivity contribution in [3.63, 3.8) is 0 Å². The summed E-state index contributed by atoms with van der Waals surface area (Å²) in [5, 5.41) is 4.00. The van der Waals surface area contributed by atoms with Crippen LogP contribution in [0.15, 0.2) is 46.7 Å². The number of nitrogens with zero attached hydrogens (tertiary/aromatic N) is 2. The van der Waals surface area contributed by atoms with Gasteiger partial charge >= 0.3 is 0 Å². The standard InChI is InChI=1S/C16H19N3O2S/c1-11-9-12(2)16(13(3)10-11)22(20,21)19-18-14(4)15-5-7-17-8-6-15/h5-10,19H,1-4H3/b18-14-. The van der Waals surface area contributed by atoms with E-state index in [2.05, 4.69) is 14.9 Å². The van der Waals surface area contributed by atoms with Crippen LogP contribution in [0.25, 0.3) is 0 Å². The Bertz CT molecular complexity index is 790. The number of nitrogens with one attached hydrogen (secondary N) is 1. The summed E-state index contributed by atoms with van der Waals surface area (Å²) in [5.74, 6) is 0. The highest BCUT2D eigenvalue weighted by molar-refractivity contribution is 7.89. The fourth-order valence-electron chi connectivity index (χ4n) is 2.42. The van der Waals surface area contributed by atoms with Crippen LogP contribution in [0.5, 0.6) is 0 Å². The van der Waals surface area contributed by atoms with Crippen LogP contribution >= 0.6 is 0 Å². The third kappa shape index (κ3) is 3.51. The second-order valence-corrected chi connectivity index (χ2v) is 6.85. The van der Waals surface area contributed by atoms with Crippen molar-refractivity contribution >= 4 is 15.7 Å². The fourth-order valence-corrected chi connectivity index (χ4v) is 3.74. The number of rotatable bonds is 4. The third-order valence-electron chi connectivity index (χ3n) is 3.31. The van der Waals surface area contributed by atoms with Gasteiger partial charge in [0.15, 0.2) is 0 Å². The lowest BCUT2D eigenvalue weighted by molar-refractivity contribution is 0.583. The molecule has 0 bridgehead atoms. The number of aromatic nitrogens is 1.